The molecule has 59 heavy (non-hydrogen) atoms. The Labute approximate surface area is 343 Å². The predicted molar refractivity (Wildman–Crippen MR) is 245 cm³/mol. The lowest BCUT2D eigenvalue weighted by Crippen LogP contribution is -2.01. The van der Waals surface area contributed by atoms with Crippen molar-refractivity contribution in [2.24, 2.45) is 0 Å². The van der Waals surface area contributed by atoms with Crippen molar-refractivity contribution in [3.8, 4) is 62.1 Å². The fraction of sp³-hybridized carbons (Fsp3) is 0. The Balaban J connectivity index is 1.13. The second kappa shape index (κ2) is 13.5. The largest absolute Gasteiger partial charge is 0.314 e. The number of benzene rings is 7. The molecule has 276 valence electrons. The molecule has 7 aromatic carbocycles. The first kappa shape index (κ1) is 33.5. The second-order valence-electron chi connectivity index (χ2n) is 14.8. The Morgan fingerprint density at radius 2 is 1.00 bits per heavy atom. The topological polar surface area (TPSA) is 48.0 Å². The molecule has 0 amide bonds. The highest BCUT2D eigenvalue weighted by molar-refractivity contribution is 7.26. The van der Waals surface area contributed by atoms with Crippen LogP contribution in [0.4, 0.5) is 0 Å². The van der Waals surface area contributed by atoms with E-state index in [1.165, 1.54) is 53.3 Å². The first-order chi connectivity index (χ1) is 29.3. The van der Waals surface area contributed by atoms with E-state index in [4.69, 9.17) is 15.0 Å². The third-order valence-corrected chi connectivity index (χ3v) is 12.6. The molecular formula is C53H33N5S. The number of aromatic nitrogens is 5. The maximum atomic E-state index is 5.10. The molecule has 0 atom stereocenters. The van der Waals surface area contributed by atoms with Crippen LogP contribution in [0.5, 0.6) is 0 Å². The molecule has 0 aliphatic heterocycles. The number of fused-ring (bicyclic) bond motifs is 8. The molecule has 0 fully saturated rings. The maximum absolute atomic E-state index is 5.10. The minimum absolute atomic E-state index is 0.622. The summed E-state index contributed by atoms with van der Waals surface area (Å²) in [5.74, 6) is 1.90. The Morgan fingerprint density at radius 1 is 0.390 bits per heavy atom. The van der Waals surface area contributed by atoms with Crippen molar-refractivity contribution >= 4 is 59.0 Å². The van der Waals surface area contributed by atoms with Crippen LogP contribution in [0.2, 0.25) is 0 Å². The first-order valence-electron chi connectivity index (χ1n) is 19.8. The van der Waals surface area contributed by atoms with Crippen molar-refractivity contribution in [2.45, 2.75) is 0 Å². The SMILES string of the molecule is c1ccc(-c2nc(-c3ccccc3)nc(-c3cccc(-n4c5ccc(-c6cccc7c6sc6ccccc67)cc5c5c4c(-c4ccccc4)c4ccccn45)c3)n2)cc1. The van der Waals surface area contributed by atoms with Crippen LogP contribution in [-0.4, -0.2) is 23.9 Å². The molecule has 12 rings (SSSR count). The third kappa shape index (κ3) is 5.42. The summed E-state index contributed by atoms with van der Waals surface area (Å²) in [4.78, 5) is 15.2. The summed E-state index contributed by atoms with van der Waals surface area (Å²) in [6.45, 7) is 0. The normalized spacial score (nSPS) is 11.7. The van der Waals surface area contributed by atoms with E-state index in [2.05, 4.69) is 149 Å². The van der Waals surface area contributed by atoms with Crippen LogP contribution >= 0.6 is 11.3 Å². The van der Waals surface area contributed by atoms with Crippen molar-refractivity contribution in [3.63, 3.8) is 0 Å². The molecule has 5 heterocycles. The van der Waals surface area contributed by atoms with E-state index in [0.717, 1.165) is 38.9 Å². The van der Waals surface area contributed by atoms with Crippen molar-refractivity contribution in [2.75, 3.05) is 0 Å². The van der Waals surface area contributed by atoms with Gasteiger partial charge in [-0.15, -0.1) is 11.3 Å². The Morgan fingerprint density at radius 3 is 1.75 bits per heavy atom. The summed E-state index contributed by atoms with van der Waals surface area (Å²) >= 11 is 1.87. The van der Waals surface area contributed by atoms with Gasteiger partial charge in [0.25, 0.3) is 0 Å². The smallest absolute Gasteiger partial charge is 0.164 e. The van der Waals surface area contributed by atoms with Crippen molar-refractivity contribution < 1.29 is 0 Å². The van der Waals surface area contributed by atoms with Crippen molar-refractivity contribution in [3.05, 3.63) is 200 Å². The van der Waals surface area contributed by atoms with Crippen LogP contribution in [0, 0.1) is 0 Å². The van der Waals surface area contributed by atoms with E-state index >= 15 is 0 Å². The lowest BCUT2D eigenvalue weighted by atomic mass is 10.0. The number of thiophene rings is 1. The molecule has 0 unspecified atom stereocenters. The van der Waals surface area contributed by atoms with Crippen molar-refractivity contribution in [1.82, 2.24) is 23.9 Å². The van der Waals surface area contributed by atoms with Gasteiger partial charge < -0.3 is 8.97 Å². The van der Waals surface area contributed by atoms with Gasteiger partial charge in [-0.25, -0.2) is 15.0 Å². The van der Waals surface area contributed by atoms with E-state index in [-0.39, 0.29) is 0 Å². The van der Waals surface area contributed by atoms with E-state index in [1.807, 2.05) is 72.0 Å². The summed E-state index contributed by atoms with van der Waals surface area (Å²) in [5.41, 5.74) is 13.2. The van der Waals surface area contributed by atoms with Crippen molar-refractivity contribution in [1.29, 1.82) is 0 Å². The van der Waals surface area contributed by atoms with Crippen LogP contribution in [-0.2, 0) is 0 Å². The molecule has 0 spiro atoms. The second-order valence-corrected chi connectivity index (χ2v) is 15.9. The Bertz CT molecular complexity index is 3490. The molecule has 0 N–H and O–H groups in total. The molecule has 0 saturated heterocycles. The average Bonchev–Trinajstić information content (AvgIpc) is 3.97. The lowest BCUT2D eigenvalue weighted by molar-refractivity contribution is 1.07. The zero-order valence-electron chi connectivity index (χ0n) is 31.7. The quantitative estimate of drug-likeness (QED) is 0.169. The zero-order chi connectivity index (χ0) is 38.9. The lowest BCUT2D eigenvalue weighted by Gasteiger charge is -2.13. The molecule has 0 aliphatic rings. The van der Waals surface area contributed by atoms with Crippen LogP contribution in [0.1, 0.15) is 0 Å². The highest BCUT2D eigenvalue weighted by Crippen LogP contribution is 2.45. The van der Waals surface area contributed by atoms with Gasteiger partial charge in [0.1, 0.15) is 0 Å². The summed E-state index contributed by atoms with van der Waals surface area (Å²) in [5, 5.41) is 3.78. The Hall–Kier alpha value is -7.67. The standard InChI is InChI=1S/C53H33N5S/c1-4-16-34(17-5-1)47-45-27-12-13-31-57(45)48-43-33-37(40-25-15-26-42-41-24-10-11-28-46(41)59-50(40)42)29-30-44(43)58(49(47)48)39-23-14-22-38(32-39)53-55-51(35-18-6-2-7-19-35)54-52(56-53)36-20-8-3-9-21-36/h1-33H. The van der Waals surface area contributed by atoms with Gasteiger partial charge in [-0.1, -0.05) is 152 Å². The van der Waals surface area contributed by atoms with E-state index in [0.29, 0.717) is 17.5 Å². The van der Waals surface area contributed by atoms with Crippen LogP contribution < -0.4 is 0 Å². The van der Waals surface area contributed by atoms with Crippen LogP contribution in [0.15, 0.2) is 200 Å². The highest BCUT2D eigenvalue weighted by Gasteiger charge is 2.24. The number of hydrogen-bond acceptors (Lipinski definition) is 4. The maximum Gasteiger partial charge on any atom is 0.164 e. The molecule has 5 aromatic heterocycles. The number of rotatable bonds is 6. The van der Waals surface area contributed by atoms with Gasteiger partial charge in [0, 0.05) is 59.7 Å². The number of pyridine rings is 1. The van der Waals surface area contributed by atoms with Gasteiger partial charge in [0.15, 0.2) is 17.5 Å². The summed E-state index contributed by atoms with van der Waals surface area (Å²) in [7, 11) is 0. The number of nitrogens with zero attached hydrogens (tertiary/aromatic N) is 5. The van der Waals surface area contributed by atoms with Gasteiger partial charge in [0.2, 0.25) is 0 Å². The summed E-state index contributed by atoms with van der Waals surface area (Å²) in [6, 6.07) is 68.6. The molecule has 0 saturated carbocycles. The fourth-order valence-corrected chi connectivity index (χ4v) is 9.97. The van der Waals surface area contributed by atoms with E-state index in [1.54, 1.807) is 0 Å². The van der Waals surface area contributed by atoms with Gasteiger partial charge >= 0.3 is 0 Å². The monoisotopic (exact) mass is 771 g/mol. The molecular weight excluding hydrogens is 739 g/mol. The summed E-state index contributed by atoms with van der Waals surface area (Å²) < 4.78 is 7.42. The summed E-state index contributed by atoms with van der Waals surface area (Å²) in [6.07, 6.45) is 2.20. The fourth-order valence-electron chi connectivity index (χ4n) is 8.73. The minimum atomic E-state index is 0.622. The van der Waals surface area contributed by atoms with Gasteiger partial charge in [-0.2, -0.15) is 0 Å². The van der Waals surface area contributed by atoms with Gasteiger partial charge in [0.05, 0.1) is 22.1 Å². The van der Waals surface area contributed by atoms with Gasteiger partial charge in [-0.3, -0.25) is 0 Å². The minimum Gasteiger partial charge on any atom is -0.314 e. The molecule has 5 nitrogen and oxygen atoms in total. The molecule has 0 bridgehead atoms. The average molecular weight is 772 g/mol. The third-order valence-electron chi connectivity index (χ3n) is 11.4. The van der Waals surface area contributed by atoms with Gasteiger partial charge in [-0.05, 0) is 59.2 Å². The Kier molecular flexibility index (Phi) is 7.64. The number of hydrogen-bond donors (Lipinski definition) is 0. The molecule has 6 heteroatoms. The first-order valence-corrected chi connectivity index (χ1v) is 20.6. The molecule has 0 aliphatic carbocycles. The molecule has 0 radical (unpaired) electrons. The van der Waals surface area contributed by atoms with Crippen LogP contribution in [0.3, 0.4) is 0 Å². The zero-order valence-corrected chi connectivity index (χ0v) is 32.5. The predicted octanol–water partition coefficient (Wildman–Crippen LogP) is 13.9. The van der Waals surface area contributed by atoms with Crippen LogP contribution in [0.25, 0.3) is 110 Å². The highest BCUT2D eigenvalue weighted by atomic mass is 32.1. The van der Waals surface area contributed by atoms with E-state index < -0.39 is 0 Å². The van der Waals surface area contributed by atoms with E-state index in [9.17, 15) is 0 Å². The molecule has 12 aromatic rings.